The molecule has 0 saturated heterocycles. The van der Waals surface area contributed by atoms with Crippen LogP contribution in [0.5, 0.6) is 17.2 Å². The quantitative estimate of drug-likeness (QED) is 0.214. The number of rotatable bonds is 17. The van der Waals surface area contributed by atoms with Crippen molar-refractivity contribution < 1.29 is 38.0 Å². The Morgan fingerprint density at radius 2 is 1.44 bits per heavy atom. The fourth-order valence-corrected chi connectivity index (χ4v) is 3.68. The highest BCUT2D eigenvalue weighted by Crippen LogP contribution is 2.25. The van der Waals surface area contributed by atoms with E-state index in [1.807, 2.05) is 24.3 Å². The van der Waals surface area contributed by atoms with Crippen LogP contribution in [0.1, 0.15) is 28.8 Å². The molecule has 212 valence electrons. The molecule has 0 aliphatic carbocycles. The summed E-state index contributed by atoms with van der Waals surface area (Å²) in [5.41, 5.74) is 1.16. The van der Waals surface area contributed by atoms with Crippen LogP contribution in [-0.4, -0.2) is 77.1 Å². The first-order chi connectivity index (χ1) is 18.8. The Hall–Kier alpha value is -3.82. The SMILES string of the molecule is C=CC[C@H](OC(=O)c1cc(OC)cc(OC)c1)[C@@H](COCc1ccc(OC)cc1)O[C@H](CC=C)C(=O)N(C)C. The Morgan fingerprint density at radius 3 is 1.95 bits per heavy atom. The molecular formula is C30H39NO8. The van der Waals surface area contributed by atoms with Crippen LogP contribution in [0.4, 0.5) is 0 Å². The number of ether oxygens (including phenoxy) is 6. The maximum Gasteiger partial charge on any atom is 0.338 e. The van der Waals surface area contributed by atoms with Gasteiger partial charge in [0, 0.05) is 33.0 Å². The molecule has 0 aliphatic rings. The first-order valence-corrected chi connectivity index (χ1v) is 12.5. The van der Waals surface area contributed by atoms with E-state index in [0.29, 0.717) is 11.5 Å². The normalized spacial score (nSPS) is 12.9. The lowest BCUT2D eigenvalue weighted by Crippen LogP contribution is -2.44. The van der Waals surface area contributed by atoms with E-state index in [1.165, 1.54) is 19.1 Å². The lowest BCUT2D eigenvalue weighted by atomic mass is 10.1. The summed E-state index contributed by atoms with van der Waals surface area (Å²) >= 11 is 0. The standard InChI is InChI=1S/C30H39NO8/c1-8-10-26(39-30(33)22-16-24(35-6)18-25(17-22)36-7)28(38-27(11-9-2)29(32)31(3)4)20-37-19-21-12-14-23(34-5)15-13-21/h8-9,12-18,26-28H,1-2,10-11,19-20H2,3-7H3/t26-,27+,28+/m0/s1. The predicted molar refractivity (Wildman–Crippen MR) is 148 cm³/mol. The summed E-state index contributed by atoms with van der Waals surface area (Å²) in [5.74, 6) is 0.777. The van der Waals surface area contributed by atoms with Gasteiger partial charge in [-0.15, -0.1) is 13.2 Å². The molecule has 9 nitrogen and oxygen atoms in total. The van der Waals surface area contributed by atoms with E-state index in [2.05, 4.69) is 13.2 Å². The zero-order valence-electron chi connectivity index (χ0n) is 23.4. The number of carbonyl (C=O) groups is 2. The van der Waals surface area contributed by atoms with Crippen molar-refractivity contribution in [1.29, 1.82) is 0 Å². The Kier molecular flexibility index (Phi) is 13.1. The lowest BCUT2D eigenvalue weighted by molar-refractivity contribution is -0.156. The van der Waals surface area contributed by atoms with E-state index in [9.17, 15) is 9.59 Å². The van der Waals surface area contributed by atoms with Gasteiger partial charge in [-0.25, -0.2) is 4.79 Å². The number of hydrogen-bond acceptors (Lipinski definition) is 8. The molecule has 2 rings (SSSR count). The summed E-state index contributed by atoms with van der Waals surface area (Å²) in [6.07, 6.45) is 1.35. The van der Waals surface area contributed by atoms with Gasteiger partial charge >= 0.3 is 5.97 Å². The molecule has 0 spiro atoms. The number of benzene rings is 2. The van der Waals surface area contributed by atoms with Crippen LogP contribution in [0.25, 0.3) is 0 Å². The van der Waals surface area contributed by atoms with Gasteiger partial charge in [0.15, 0.2) is 0 Å². The first-order valence-electron chi connectivity index (χ1n) is 12.5. The maximum absolute atomic E-state index is 13.2. The fourth-order valence-electron chi connectivity index (χ4n) is 3.68. The first kappa shape index (κ1) is 31.4. The molecule has 0 N–H and O–H groups in total. The van der Waals surface area contributed by atoms with Crippen molar-refractivity contribution in [3.8, 4) is 17.2 Å². The molecule has 0 radical (unpaired) electrons. The third kappa shape index (κ3) is 9.77. The van der Waals surface area contributed by atoms with Crippen molar-refractivity contribution in [3.63, 3.8) is 0 Å². The monoisotopic (exact) mass is 541 g/mol. The zero-order chi connectivity index (χ0) is 28.8. The predicted octanol–water partition coefficient (Wildman–Crippen LogP) is 4.45. The molecule has 0 unspecified atom stereocenters. The van der Waals surface area contributed by atoms with Gasteiger partial charge in [0.1, 0.15) is 35.6 Å². The molecule has 0 fully saturated rings. The number of hydrogen-bond donors (Lipinski definition) is 0. The summed E-state index contributed by atoms with van der Waals surface area (Å²) < 4.78 is 33.9. The minimum absolute atomic E-state index is 0.0492. The molecule has 0 aromatic heterocycles. The van der Waals surface area contributed by atoms with Gasteiger partial charge in [-0.2, -0.15) is 0 Å². The molecule has 0 bridgehead atoms. The van der Waals surface area contributed by atoms with Crippen molar-refractivity contribution in [3.05, 3.63) is 78.9 Å². The largest absolute Gasteiger partial charge is 0.497 e. The zero-order valence-corrected chi connectivity index (χ0v) is 23.4. The average molecular weight is 542 g/mol. The highest BCUT2D eigenvalue weighted by molar-refractivity contribution is 5.90. The number of likely N-dealkylation sites (N-methyl/N-ethyl adjacent to an activating group) is 1. The number of amides is 1. The van der Waals surface area contributed by atoms with Crippen molar-refractivity contribution in [2.24, 2.45) is 0 Å². The van der Waals surface area contributed by atoms with E-state index >= 15 is 0 Å². The van der Waals surface area contributed by atoms with Crippen LogP contribution >= 0.6 is 0 Å². The molecule has 9 heteroatoms. The van der Waals surface area contributed by atoms with E-state index in [4.69, 9.17) is 28.4 Å². The molecule has 2 aromatic rings. The Labute approximate surface area is 230 Å². The molecule has 2 aromatic carbocycles. The third-order valence-electron chi connectivity index (χ3n) is 5.81. The fraction of sp³-hybridized carbons (Fsp3) is 0.400. The Morgan fingerprint density at radius 1 is 0.846 bits per heavy atom. The molecule has 0 heterocycles. The number of nitrogens with zero attached hydrogens (tertiary/aromatic N) is 1. The van der Waals surface area contributed by atoms with E-state index in [1.54, 1.807) is 51.6 Å². The van der Waals surface area contributed by atoms with Crippen molar-refractivity contribution >= 4 is 11.9 Å². The summed E-state index contributed by atoms with van der Waals surface area (Å²) in [7, 11) is 7.89. The van der Waals surface area contributed by atoms with Crippen LogP contribution in [0, 0.1) is 0 Å². The van der Waals surface area contributed by atoms with Gasteiger partial charge in [-0.05, 0) is 29.8 Å². The second-order valence-corrected chi connectivity index (χ2v) is 8.85. The van der Waals surface area contributed by atoms with Crippen LogP contribution in [-0.2, 0) is 25.6 Å². The second-order valence-electron chi connectivity index (χ2n) is 8.85. The topological polar surface area (TPSA) is 92.8 Å². The van der Waals surface area contributed by atoms with Gasteiger partial charge < -0.3 is 33.3 Å². The minimum atomic E-state index is -0.838. The Bertz CT molecular complexity index is 1060. The van der Waals surface area contributed by atoms with Crippen LogP contribution < -0.4 is 14.2 Å². The summed E-state index contributed by atoms with van der Waals surface area (Å²) in [6.45, 7) is 7.89. The summed E-state index contributed by atoms with van der Waals surface area (Å²) in [4.78, 5) is 27.5. The number of esters is 1. The highest BCUT2D eigenvalue weighted by Gasteiger charge is 2.32. The minimum Gasteiger partial charge on any atom is -0.497 e. The van der Waals surface area contributed by atoms with Gasteiger partial charge in [0.25, 0.3) is 5.91 Å². The molecule has 0 saturated carbocycles. The smallest absolute Gasteiger partial charge is 0.338 e. The highest BCUT2D eigenvalue weighted by atomic mass is 16.6. The van der Waals surface area contributed by atoms with Gasteiger partial charge in [0.2, 0.25) is 0 Å². The lowest BCUT2D eigenvalue weighted by Gasteiger charge is -2.30. The van der Waals surface area contributed by atoms with Crippen LogP contribution in [0.15, 0.2) is 67.8 Å². The number of methoxy groups -OCH3 is 3. The van der Waals surface area contributed by atoms with Gasteiger partial charge in [0.05, 0.1) is 40.1 Å². The third-order valence-corrected chi connectivity index (χ3v) is 5.81. The molecule has 0 aliphatic heterocycles. The maximum atomic E-state index is 13.2. The molecule has 1 amide bonds. The van der Waals surface area contributed by atoms with Crippen molar-refractivity contribution in [2.45, 2.75) is 37.8 Å². The van der Waals surface area contributed by atoms with E-state index in [-0.39, 0.29) is 37.5 Å². The molecular weight excluding hydrogens is 502 g/mol. The van der Waals surface area contributed by atoms with Crippen LogP contribution in [0.3, 0.4) is 0 Å². The summed E-state index contributed by atoms with van der Waals surface area (Å²) in [6, 6.07) is 12.2. The van der Waals surface area contributed by atoms with Crippen LogP contribution in [0.2, 0.25) is 0 Å². The molecule has 39 heavy (non-hydrogen) atoms. The average Bonchev–Trinajstić information content (AvgIpc) is 2.95. The van der Waals surface area contributed by atoms with Crippen molar-refractivity contribution in [2.75, 3.05) is 42.0 Å². The van der Waals surface area contributed by atoms with E-state index < -0.39 is 24.3 Å². The van der Waals surface area contributed by atoms with Crippen molar-refractivity contribution in [1.82, 2.24) is 4.90 Å². The van der Waals surface area contributed by atoms with Gasteiger partial charge in [-0.1, -0.05) is 24.3 Å². The Balaban J connectivity index is 2.30. The molecule has 3 atom stereocenters. The van der Waals surface area contributed by atoms with E-state index in [0.717, 1.165) is 11.3 Å². The second kappa shape index (κ2) is 16.2. The summed E-state index contributed by atoms with van der Waals surface area (Å²) in [5, 5.41) is 0. The van der Waals surface area contributed by atoms with Gasteiger partial charge in [-0.3, -0.25) is 4.79 Å². The number of carbonyl (C=O) groups excluding carboxylic acids is 2.